The number of hydrogen-bond acceptors (Lipinski definition) is 0. The third kappa shape index (κ3) is 4.83. The molecule has 5 heavy (non-hydrogen) atoms. The molecule has 0 bridgehead atoms. The van der Waals surface area contributed by atoms with Crippen molar-refractivity contribution in [2.24, 2.45) is 0 Å². The van der Waals surface area contributed by atoms with Gasteiger partial charge in [0.15, 0.2) is 0 Å². The zero-order valence-corrected chi connectivity index (χ0v) is 7.22. The summed E-state index contributed by atoms with van der Waals surface area (Å²) in [7, 11) is 5.49. The zero-order chi connectivity index (χ0) is 4.12. The van der Waals surface area contributed by atoms with Gasteiger partial charge in [-0.3, -0.25) is 0 Å². The molecule has 0 fully saturated rings. The van der Waals surface area contributed by atoms with Gasteiger partial charge in [-0.15, -0.1) is 0 Å². The quantitative estimate of drug-likeness (QED) is 0.522. The van der Waals surface area contributed by atoms with Gasteiger partial charge in [-0.2, -0.15) is 0 Å². The van der Waals surface area contributed by atoms with Crippen LogP contribution >= 0.6 is 10.0 Å². The fourth-order valence-corrected chi connectivity index (χ4v) is 2.08. The average Bonchev–Trinajstić information content (AvgIpc) is 1.41. The first kappa shape index (κ1) is 5.83. The fraction of sp³-hybridized carbons (Fsp3) is 1.00. The summed E-state index contributed by atoms with van der Waals surface area (Å²) < 4.78 is 0. The Morgan fingerprint density at radius 3 is 2.40 bits per heavy atom. The van der Waals surface area contributed by atoms with E-state index in [1.807, 2.05) is 0 Å². The van der Waals surface area contributed by atoms with E-state index < -0.39 is 14.5 Å². The molecular formula is C3H9ClGe. The Morgan fingerprint density at radius 2 is 2.40 bits per heavy atom. The van der Waals surface area contributed by atoms with Crippen LogP contribution in [0.2, 0.25) is 5.25 Å². The van der Waals surface area contributed by atoms with E-state index in [0.717, 1.165) is 0 Å². The van der Waals surface area contributed by atoms with E-state index in [9.17, 15) is 0 Å². The van der Waals surface area contributed by atoms with E-state index in [2.05, 4.69) is 6.92 Å². The Morgan fingerprint density at radius 1 is 1.80 bits per heavy atom. The molecule has 0 aliphatic heterocycles. The summed E-state index contributed by atoms with van der Waals surface area (Å²) in [6.45, 7) is 2.17. The second-order valence-corrected chi connectivity index (χ2v) is 5.28. The minimum absolute atomic E-state index is 0.439. The fourth-order valence-electron chi connectivity index (χ4n) is 0.134. The predicted octanol–water partition coefficient (Wildman–Crippen LogP) is 1.14. The van der Waals surface area contributed by atoms with Gasteiger partial charge in [-0.1, -0.05) is 0 Å². The molecule has 2 heteroatoms. The molecule has 0 saturated heterocycles. The van der Waals surface area contributed by atoms with Gasteiger partial charge >= 0.3 is 43.1 Å². The van der Waals surface area contributed by atoms with Crippen LogP contribution in [0.1, 0.15) is 13.3 Å². The molecule has 0 rings (SSSR count). The summed E-state index contributed by atoms with van der Waals surface area (Å²) in [5.41, 5.74) is 0. The summed E-state index contributed by atoms with van der Waals surface area (Å²) in [6.07, 6.45) is 1.30. The van der Waals surface area contributed by atoms with Crippen LogP contribution in [0.4, 0.5) is 0 Å². The van der Waals surface area contributed by atoms with Crippen LogP contribution in [0.15, 0.2) is 0 Å². The van der Waals surface area contributed by atoms with Crippen molar-refractivity contribution in [3.05, 3.63) is 0 Å². The van der Waals surface area contributed by atoms with Crippen molar-refractivity contribution in [2.45, 2.75) is 18.6 Å². The Hall–Kier alpha value is 0.833. The van der Waals surface area contributed by atoms with Gasteiger partial charge in [0, 0.05) is 0 Å². The second kappa shape index (κ2) is 4.83. The van der Waals surface area contributed by atoms with E-state index in [4.69, 9.17) is 10.0 Å². The van der Waals surface area contributed by atoms with Crippen LogP contribution in [0.25, 0.3) is 0 Å². The molecule has 0 radical (unpaired) electrons. The van der Waals surface area contributed by atoms with E-state index in [-0.39, 0.29) is 0 Å². The SMILES string of the molecule is CC[CH2][GeH2][Cl]. The van der Waals surface area contributed by atoms with Crippen LogP contribution < -0.4 is 0 Å². The summed E-state index contributed by atoms with van der Waals surface area (Å²) in [5.74, 6) is 0. The maximum atomic E-state index is 5.49. The molecule has 0 aliphatic rings. The maximum absolute atomic E-state index is 5.49. The molecule has 0 atom stereocenters. The van der Waals surface area contributed by atoms with Crippen LogP contribution in [0, 0.1) is 0 Å². The molecule has 0 aromatic carbocycles. The second-order valence-electron chi connectivity index (χ2n) is 1.04. The minimum atomic E-state index is -0.439. The van der Waals surface area contributed by atoms with E-state index >= 15 is 0 Å². The summed E-state index contributed by atoms with van der Waals surface area (Å²) in [5, 5.41) is 1.34. The number of halogens is 1. The molecule has 0 aromatic heterocycles. The van der Waals surface area contributed by atoms with Gasteiger partial charge in [0.1, 0.15) is 0 Å². The van der Waals surface area contributed by atoms with Crippen molar-refractivity contribution in [3.8, 4) is 0 Å². The van der Waals surface area contributed by atoms with Crippen molar-refractivity contribution in [3.63, 3.8) is 0 Å². The summed E-state index contributed by atoms with van der Waals surface area (Å²) >= 11 is -0.439. The molecule has 0 amide bonds. The average molecular weight is 153 g/mol. The standard InChI is InChI=1S/C3H9ClGe/c1-2-3-5-4/h2-3,5H2,1H3. The molecule has 32 valence electrons. The summed E-state index contributed by atoms with van der Waals surface area (Å²) in [6, 6.07) is 0. The topological polar surface area (TPSA) is 0 Å². The van der Waals surface area contributed by atoms with Gasteiger partial charge in [0.05, 0.1) is 0 Å². The Bertz CT molecular complexity index is 14.4. The number of hydrogen-bond donors (Lipinski definition) is 0. The molecule has 0 aliphatic carbocycles. The third-order valence-corrected chi connectivity index (χ3v) is 3.92. The first-order chi connectivity index (χ1) is 2.41. The van der Waals surface area contributed by atoms with Crippen molar-refractivity contribution in [1.29, 1.82) is 0 Å². The van der Waals surface area contributed by atoms with Crippen molar-refractivity contribution in [2.75, 3.05) is 0 Å². The molecular weight excluding hydrogens is 144 g/mol. The normalized spacial score (nSPS) is 10.8. The van der Waals surface area contributed by atoms with E-state index in [1.54, 1.807) is 0 Å². The van der Waals surface area contributed by atoms with Gasteiger partial charge in [0.25, 0.3) is 0 Å². The van der Waals surface area contributed by atoms with Gasteiger partial charge < -0.3 is 0 Å². The van der Waals surface area contributed by atoms with Gasteiger partial charge in [-0.25, -0.2) is 0 Å². The Balaban J connectivity index is 2.19. The third-order valence-electron chi connectivity index (χ3n) is 0.487. The summed E-state index contributed by atoms with van der Waals surface area (Å²) in [4.78, 5) is 0. The molecule has 0 unspecified atom stereocenters. The van der Waals surface area contributed by atoms with Crippen molar-refractivity contribution >= 4 is 24.5 Å². The Labute approximate surface area is 43.6 Å². The zero-order valence-electron chi connectivity index (χ0n) is 3.50. The first-order valence-corrected chi connectivity index (χ1v) is 7.97. The van der Waals surface area contributed by atoms with Crippen LogP contribution in [0.3, 0.4) is 0 Å². The van der Waals surface area contributed by atoms with Crippen LogP contribution in [-0.2, 0) is 0 Å². The molecule has 0 N–H and O–H groups in total. The molecule has 0 saturated carbocycles. The monoisotopic (exact) mass is 154 g/mol. The van der Waals surface area contributed by atoms with Gasteiger partial charge in [-0.05, 0) is 0 Å². The van der Waals surface area contributed by atoms with Crippen LogP contribution in [-0.4, -0.2) is 14.5 Å². The van der Waals surface area contributed by atoms with E-state index in [1.165, 1.54) is 11.7 Å². The molecule has 0 nitrogen and oxygen atoms in total. The van der Waals surface area contributed by atoms with Crippen LogP contribution in [0.5, 0.6) is 0 Å². The van der Waals surface area contributed by atoms with E-state index in [0.29, 0.717) is 0 Å². The van der Waals surface area contributed by atoms with Crippen molar-refractivity contribution < 1.29 is 0 Å². The molecule has 0 heterocycles. The predicted molar refractivity (Wildman–Crippen MR) is 29.5 cm³/mol. The first-order valence-electron chi connectivity index (χ1n) is 1.97. The van der Waals surface area contributed by atoms with Gasteiger partial charge in [0.2, 0.25) is 0 Å². The molecule has 0 aromatic rings. The number of rotatable bonds is 2. The van der Waals surface area contributed by atoms with Crippen molar-refractivity contribution in [1.82, 2.24) is 0 Å². The molecule has 0 spiro atoms. The Kier molecular flexibility index (Phi) is 5.64.